The Labute approximate surface area is 129 Å². The summed E-state index contributed by atoms with van der Waals surface area (Å²) in [6.07, 6.45) is 0. The van der Waals surface area contributed by atoms with Crippen molar-refractivity contribution in [3.05, 3.63) is 75.6 Å². The van der Waals surface area contributed by atoms with Crippen LogP contribution in [0, 0.1) is 13.8 Å². The number of hydrogen-bond donors (Lipinski definition) is 1. The molecule has 21 heavy (non-hydrogen) atoms. The van der Waals surface area contributed by atoms with E-state index < -0.39 is 0 Å². The molecule has 1 unspecified atom stereocenters. The predicted molar refractivity (Wildman–Crippen MR) is 89.5 cm³/mol. The fraction of sp³-hybridized carbons (Fsp3) is 0.167. The highest BCUT2D eigenvalue weighted by Gasteiger charge is 2.13. The van der Waals surface area contributed by atoms with Gasteiger partial charge in [0.25, 0.3) is 0 Å². The molecule has 0 radical (unpaired) electrons. The van der Waals surface area contributed by atoms with Crippen LogP contribution in [0.1, 0.15) is 27.7 Å². The van der Waals surface area contributed by atoms with Crippen molar-refractivity contribution in [3.8, 4) is 11.3 Å². The minimum Gasteiger partial charge on any atom is -0.318 e. The Hall–Kier alpha value is -1.97. The molecule has 2 aromatic carbocycles. The Morgan fingerprint density at radius 3 is 2.48 bits per heavy atom. The van der Waals surface area contributed by atoms with Crippen LogP contribution in [-0.4, -0.2) is 4.98 Å². The minimum absolute atomic E-state index is 0.156. The van der Waals surface area contributed by atoms with E-state index in [1.807, 2.05) is 30.3 Å². The van der Waals surface area contributed by atoms with Gasteiger partial charge in [-0.3, -0.25) is 0 Å². The Morgan fingerprint density at radius 2 is 1.76 bits per heavy atom. The zero-order chi connectivity index (χ0) is 14.8. The molecule has 1 heterocycles. The van der Waals surface area contributed by atoms with Crippen molar-refractivity contribution < 1.29 is 0 Å². The van der Waals surface area contributed by atoms with Crippen molar-refractivity contribution in [3.63, 3.8) is 0 Å². The zero-order valence-corrected chi connectivity index (χ0v) is 13.0. The fourth-order valence-electron chi connectivity index (χ4n) is 2.27. The first kappa shape index (κ1) is 14.0. The highest BCUT2D eigenvalue weighted by molar-refractivity contribution is 7.10. The van der Waals surface area contributed by atoms with E-state index in [0.29, 0.717) is 0 Å². The molecule has 106 valence electrons. The summed E-state index contributed by atoms with van der Waals surface area (Å²) in [6, 6.07) is 16.4. The molecule has 0 fully saturated rings. The highest BCUT2D eigenvalue weighted by Crippen LogP contribution is 2.28. The first-order valence-electron chi connectivity index (χ1n) is 6.99. The number of hydrogen-bond acceptors (Lipinski definition) is 3. The van der Waals surface area contributed by atoms with Gasteiger partial charge in [0.1, 0.15) is 5.01 Å². The molecule has 0 spiro atoms. The van der Waals surface area contributed by atoms with Crippen molar-refractivity contribution in [2.24, 2.45) is 5.73 Å². The van der Waals surface area contributed by atoms with Gasteiger partial charge in [-0.1, -0.05) is 42.5 Å². The molecular weight excluding hydrogens is 276 g/mol. The molecule has 0 aliphatic carbocycles. The van der Waals surface area contributed by atoms with E-state index in [4.69, 9.17) is 10.7 Å². The van der Waals surface area contributed by atoms with Gasteiger partial charge < -0.3 is 5.73 Å². The number of rotatable bonds is 3. The third-order valence-corrected chi connectivity index (χ3v) is 4.68. The van der Waals surface area contributed by atoms with Gasteiger partial charge in [-0.2, -0.15) is 0 Å². The molecule has 0 saturated heterocycles. The number of thiazole rings is 1. The third-order valence-electron chi connectivity index (χ3n) is 3.75. The van der Waals surface area contributed by atoms with Crippen molar-refractivity contribution in [2.45, 2.75) is 19.9 Å². The van der Waals surface area contributed by atoms with E-state index in [2.05, 4.69) is 37.4 Å². The first-order valence-corrected chi connectivity index (χ1v) is 7.86. The lowest BCUT2D eigenvalue weighted by atomic mass is 10.0. The molecule has 2 N–H and O–H groups in total. The molecule has 3 rings (SSSR count). The van der Waals surface area contributed by atoms with E-state index >= 15 is 0 Å². The van der Waals surface area contributed by atoms with Gasteiger partial charge >= 0.3 is 0 Å². The number of nitrogens with two attached hydrogens (primary N) is 1. The van der Waals surface area contributed by atoms with Crippen molar-refractivity contribution in [2.75, 3.05) is 0 Å². The van der Waals surface area contributed by atoms with E-state index in [1.54, 1.807) is 11.3 Å². The largest absolute Gasteiger partial charge is 0.318 e. The molecule has 3 heteroatoms. The maximum atomic E-state index is 6.31. The van der Waals surface area contributed by atoms with Crippen molar-refractivity contribution in [1.29, 1.82) is 0 Å². The molecule has 2 nitrogen and oxygen atoms in total. The Morgan fingerprint density at radius 1 is 1.00 bits per heavy atom. The van der Waals surface area contributed by atoms with Gasteiger partial charge in [0, 0.05) is 10.9 Å². The summed E-state index contributed by atoms with van der Waals surface area (Å²) in [6.45, 7) is 4.25. The first-order chi connectivity index (χ1) is 10.1. The Balaban J connectivity index is 1.91. The highest BCUT2D eigenvalue weighted by atomic mass is 32.1. The van der Waals surface area contributed by atoms with Crippen LogP contribution in [0.3, 0.4) is 0 Å². The quantitative estimate of drug-likeness (QED) is 0.773. The minimum atomic E-state index is -0.156. The number of aromatic nitrogens is 1. The van der Waals surface area contributed by atoms with E-state index in [1.165, 1.54) is 11.1 Å². The average Bonchev–Trinajstić information content (AvgIpc) is 3.00. The Bertz CT molecular complexity index is 747. The predicted octanol–water partition coefficient (Wildman–Crippen LogP) is 4.48. The molecule has 0 aliphatic rings. The maximum absolute atomic E-state index is 6.31. The van der Waals surface area contributed by atoms with E-state index in [0.717, 1.165) is 21.8 Å². The summed E-state index contributed by atoms with van der Waals surface area (Å²) in [5.41, 5.74) is 12.2. The molecular formula is C18H18N2S. The smallest absolute Gasteiger partial charge is 0.115 e. The van der Waals surface area contributed by atoms with Crippen LogP contribution in [0.25, 0.3) is 11.3 Å². The van der Waals surface area contributed by atoms with Gasteiger partial charge in [0.15, 0.2) is 0 Å². The summed E-state index contributed by atoms with van der Waals surface area (Å²) in [4.78, 5) is 4.72. The summed E-state index contributed by atoms with van der Waals surface area (Å²) in [7, 11) is 0. The second kappa shape index (κ2) is 5.80. The molecule has 0 saturated carbocycles. The Kier molecular flexibility index (Phi) is 3.86. The number of nitrogens with zero attached hydrogens (tertiary/aromatic N) is 1. The van der Waals surface area contributed by atoms with Gasteiger partial charge in [0.05, 0.1) is 11.7 Å². The van der Waals surface area contributed by atoms with Gasteiger partial charge in [-0.15, -0.1) is 11.3 Å². The summed E-state index contributed by atoms with van der Waals surface area (Å²) in [5.74, 6) is 0. The standard InChI is InChI=1S/C18H18N2S/c1-12-8-9-15(10-13(12)2)16-11-21-18(20-16)17(19)14-6-4-3-5-7-14/h3-11,17H,19H2,1-2H3. The maximum Gasteiger partial charge on any atom is 0.115 e. The zero-order valence-electron chi connectivity index (χ0n) is 12.2. The molecule has 3 aromatic rings. The van der Waals surface area contributed by atoms with Crippen LogP contribution in [0.15, 0.2) is 53.9 Å². The van der Waals surface area contributed by atoms with Crippen LogP contribution in [-0.2, 0) is 0 Å². The van der Waals surface area contributed by atoms with Crippen LogP contribution in [0.2, 0.25) is 0 Å². The SMILES string of the molecule is Cc1ccc(-c2csc(C(N)c3ccccc3)n2)cc1C. The monoisotopic (exact) mass is 294 g/mol. The lowest BCUT2D eigenvalue weighted by molar-refractivity contribution is 0.859. The van der Waals surface area contributed by atoms with E-state index in [9.17, 15) is 0 Å². The fourth-order valence-corrected chi connectivity index (χ4v) is 3.12. The topological polar surface area (TPSA) is 38.9 Å². The van der Waals surface area contributed by atoms with Crippen molar-refractivity contribution >= 4 is 11.3 Å². The van der Waals surface area contributed by atoms with E-state index in [-0.39, 0.29) is 6.04 Å². The summed E-state index contributed by atoms with van der Waals surface area (Å²) >= 11 is 1.62. The lowest BCUT2D eigenvalue weighted by Gasteiger charge is -2.08. The van der Waals surface area contributed by atoms with Gasteiger partial charge in [0.2, 0.25) is 0 Å². The molecule has 0 bridgehead atoms. The average molecular weight is 294 g/mol. The van der Waals surface area contributed by atoms with Crippen LogP contribution >= 0.6 is 11.3 Å². The van der Waals surface area contributed by atoms with Crippen molar-refractivity contribution in [1.82, 2.24) is 4.98 Å². The third kappa shape index (κ3) is 2.89. The number of aryl methyl sites for hydroxylation is 2. The number of benzene rings is 2. The van der Waals surface area contributed by atoms with Crippen LogP contribution < -0.4 is 5.73 Å². The normalized spacial score (nSPS) is 12.3. The van der Waals surface area contributed by atoms with Gasteiger partial charge in [-0.25, -0.2) is 4.98 Å². The molecule has 0 amide bonds. The second-order valence-electron chi connectivity index (χ2n) is 5.26. The molecule has 1 atom stereocenters. The van der Waals surface area contributed by atoms with Crippen LogP contribution in [0.4, 0.5) is 0 Å². The second-order valence-corrected chi connectivity index (χ2v) is 6.15. The molecule has 0 aliphatic heterocycles. The van der Waals surface area contributed by atoms with Crippen LogP contribution in [0.5, 0.6) is 0 Å². The summed E-state index contributed by atoms with van der Waals surface area (Å²) in [5, 5.41) is 3.04. The van der Waals surface area contributed by atoms with Gasteiger partial charge in [-0.05, 0) is 36.6 Å². The lowest BCUT2D eigenvalue weighted by Crippen LogP contribution is -2.11. The summed E-state index contributed by atoms with van der Waals surface area (Å²) < 4.78 is 0. The molecule has 1 aromatic heterocycles.